The third-order valence-corrected chi connectivity index (χ3v) is 3.00. The van der Waals surface area contributed by atoms with E-state index >= 15 is 0 Å². The molecule has 0 fully saturated rings. The van der Waals surface area contributed by atoms with Gasteiger partial charge in [0.1, 0.15) is 11.0 Å². The lowest BCUT2D eigenvalue weighted by Crippen LogP contribution is -2.37. The predicted molar refractivity (Wildman–Crippen MR) is 81.4 cm³/mol. The van der Waals surface area contributed by atoms with Gasteiger partial charge in [-0.15, -0.1) is 0 Å². The molecule has 1 heterocycles. The number of halogens is 1. The zero-order chi connectivity index (χ0) is 15.0. The minimum Gasteiger partial charge on any atom is -0.383 e. The lowest BCUT2D eigenvalue weighted by Gasteiger charge is -2.16. The summed E-state index contributed by atoms with van der Waals surface area (Å²) < 4.78 is 5.07. The monoisotopic (exact) mass is 299 g/mol. The van der Waals surface area contributed by atoms with Crippen LogP contribution in [0.1, 0.15) is 37.0 Å². The van der Waals surface area contributed by atoms with E-state index in [0.717, 1.165) is 19.4 Å². The molecule has 0 spiro atoms. The summed E-state index contributed by atoms with van der Waals surface area (Å²) in [6.45, 7) is 5.33. The molecule has 6 heteroatoms. The summed E-state index contributed by atoms with van der Waals surface area (Å²) in [4.78, 5) is 16.3. The molecule has 0 aliphatic heterocycles. The number of ether oxygens (including phenoxy) is 1. The zero-order valence-electron chi connectivity index (χ0n) is 12.2. The summed E-state index contributed by atoms with van der Waals surface area (Å²) in [6.07, 6.45) is 1.78. The van der Waals surface area contributed by atoms with Gasteiger partial charge in [0.2, 0.25) is 0 Å². The molecule has 0 radical (unpaired) electrons. The van der Waals surface area contributed by atoms with E-state index in [2.05, 4.69) is 22.5 Å². The van der Waals surface area contributed by atoms with Crippen molar-refractivity contribution in [1.82, 2.24) is 10.3 Å². The van der Waals surface area contributed by atoms with Crippen molar-refractivity contribution in [2.45, 2.75) is 32.7 Å². The molecule has 1 unspecified atom stereocenters. The van der Waals surface area contributed by atoms with Gasteiger partial charge in [-0.1, -0.05) is 25.4 Å². The highest BCUT2D eigenvalue weighted by molar-refractivity contribution is 6.29. The molecule has 0 bridgehead atoms. The highest BCUT2D eigenvalue weighted by Gasteiger charge is 2.13. The first-order valence-electron chi connectivity index (χ1n) is 6.81. The van der Waals surface area contributed by atoms with Crippen molar-refractivity contribution < 1.29 is 9.53 Å². The standard InChI is InChI=1S/C14H22ClN3O2/c1-4-6-16-13-8-10(7-12(15)18-13)14(19)17-11(5-2)9-20-3/h7-8,11H,4-6,9H2,1-3H3,(H,16,18)(H,17,19). The minimum absolute atomic E-state index is 0.00788. The van der Waals surface area contributed by atoms with Crippen LogP contribution in [0.15, 0.2) is 12.1 Å². The van der Waals surface area contributed by atoms with Gasteiger partial charge in [0.05, 0.1) is 12.6 Å². The van der Waals surface area contributed by atoms with Crippen molar-refractivity contribution in [2.24, 2.45) is 0 Å². The van der Waals surface area contributed by atoms with Crippen LogP contribution in [0.3, 0.4) is 0 Å². The Labute approximate surface area is 125 Å². The molecule has 1 aromatic heterocycles. The van der Waals surface area contributed by atoms with Crippen LogP contribution >= 0.6 is 11.6 Å². The Bertz CT molecular complexity index is 440. The topological polar surface area (TPSA) is 63.2 Å². The lowest BCUT2D eigenvalue weighted by atomic mass is 10.2. The van der Waals surface area contributed by atoms with Crippen molar-refractivity contribution in [3.8, 4) is 0 Å². The first-order valence-corrected chi connectivity index (χ1v) is 7.19. The van der Waals surface area contributed by atoms with Crippen LogP contribution in [-0.4, -0.2) is 37.2 Å². The molecule has 1 atom stereocenters. The van der Waals surface area contributed by atoms with Gasteiger partial charge in [-0.3, -0.25) is 4.79 Å². The summed E-state index contributed by atoms with van der Waals surface area (Å²) in [5, 5.41) is 6.34. The summed E-state index contributed by atoms with van der Waals surface area (Å²) in [6, 6.07) is 3.26. The molecule has 1 amide bonds. The van der Waals surface area contributed by atoms with E-state index in [1.807, 2.05) is 6.92 Å². The van der Waals surface area contributed by atoms with Crippen molar-refractivity contribution in [2.75, 3.05) is 25.6 Å². The number of amides is 1. The number of anilines is 1. The van der Waals surface area contributed by atoms with E-state index in [1.165, 1.54) is 0 Å². The van der Waals surface area contributed by atoms with E-state index in [1.54, 1.807) is 19.2 Å². The van der Waals surface area contributed by atoms with Crippen LogP contribution in [0.5, 0.6) is 0 Å². The maximum Gasteiger partial charge on any atom is 0.251 e. The summed E-state index contributed by atoms with van der Waals surface area (Å²) in [5.41, 5.74) is 0.498. The Kier molecular flexibility index (Phi) is 7.33. The van der Waals surface area contributed by atoms with Crippen molar-refractivity contribution >= 4 is 23.3 Å². The first-order chi connectivity index (χ1) is 9.60. The van der Waals surface area contributed by atoms with Gasteiger partial charge in [0.15, 0.2) is 0 Å². The SMILES string of the molecule is CCCNc1cc(C(=O)NC(CC)COC)cc(Cl)n1. The van der Waals surface area contributed by atoms with Gasteiger partial charge in [0, 0.05) is 19.2 Å². The quantitative estimate of drug-likeness (QED) is 0.725. The van der Waals surface area contributed by atoms with Crippen LogP contribution in [0.2, 0.25) is 5.15 Å². The van der Waals surface area contributed by atoms with Crippen molar-refractivity contribution in [3.05, 3.63) is 22.8 Å². The number of carbonyl (C=O) groups excluding carboxylic acids is 1. The van der Waals surface area contributed by atoms with Crippen LogP contribution in [0.4, 0.5) is 5.82 Å². The van der Waals surface area contributed by atoms with Crippen molar-refractivity contribution in [1.29, 1.82) is 0 Å². The Morgan fingerprint density at radius 1 is 1.45 bits per heavy atom. The molecule has 0 saturated carbocycles. The third kappa shape index (κ3) is 5.35. The smallest absolute Gasteiger partial charge is 0.251 e. The molecule has 0 aliphatic rings. The van der Waals surface area contributed by atoms with Crippen LogP contribution in [-0.2, 0) is 4.74 Å². The molecular formula is C14H22ClN3O2. The fraction of sp³-hybridized carbons (Fsp3) is 0.571. The number of hydrogen-bond donors (Lipinski definition) is 2. The van der Waals surface area contributed by atoms with Crippen LogP contribution < -0.4 is 10.6 Å². The fourth-order valence-corrected chi connectivity index (χ4v) is 1.91. The minimum atomic E-state index is -0.169. The van der Waals surface area contributed by atoms with Gasteiger partial charge in [-0.05, 0) is 25.0 Å². The maximum absolute atomic E-state index is 12.2. The number of nitrogens with zero attached hydrogens (tertiary/aromatic N) is 1. The zero-order valence-corrected chi connectivity index (χ0v) is 13.0. The number of carbonyl (C=O) groups is 1. The number of pyridine rings is 1. The summed E-state index contributed by atoms with van der Waals surface area (Å²) in [5.74, 6) is 0.446. The Balaban J connectivity index is 2.78. The maximum atomic E-state index is 12.2. The highest BCUT2D eigenvalue weighted by atomic mass is 35.5. The molecule has 1 aromatic rings. The van der Waals surface area contributed by atoms with Crippen LogP contribution in [0, 0.1) is 0 Å². The van der Waals surface area contributed by atoms with E-state index in [-0.39, 0.29) is 11.9 Å². The molecule has 0 saturated heterocycles. The van der Waals surface area contributed by atoms with E-state index in [9.17, 15) is 4.79 Å². The second kappa shape index (κ2) is 8.76. The average Bonchev–Trinajstić information content (AvgIpc) is 2.43. The normalized spacial score (nSPS) is 12.0. The second-order valence-corrected chi connectivity index (χ2v) is 4.91. The molecule has 112 valence electrons. The molecular weight excluding hydrogens is 278 g/mol. The van der Waals surface area contributed by atoms with Crippen LogP contribution in [0.25, 0.3) is 0 Å². The van der Waals surface area contributed by atoms with Gasteiger partial charge in [-0.2, -0.15) is 0 Å². The molecule has 5 nitrogen and oxygen atoms in total. The van der Waals surface area contributed by atoms with Gasteiger partial charge in [0.25, 0.3) is 5.91 Å². The van der Waals surface area contributed by atoms with E-state index in [4.69, 9.17) is 16.3 Å². The predicted octanol–water partition coefficient (Wildman–Crippen LogP) is 2.71. The van der Waals surface area contributed by atoms with E-state index < -0.39 is 0 Å². The third-order valence-electron chi connectivity index (χ3n) is 2.81. The largest absolute Gasteiger partial charge is 0.383 e. The lowest BCUT2D eigenvalue weighted by molar-refractivity contribution is 0.0894. The molecule has 1 rings (SSSR count). The first kappa shape index (κ1) is 16.7. The number of rotatable bonds is 8. The van der Waals surface area contributed by atoms with Gasteiger partial charge < -0.3 is 15.4 Å². The van der Waals surface area contributed by atoms with Gasteiger partial charge in [-0.25, -0.2) is 4.98 Å². The van der Waals surface area contributed by atoms with E-state index in [0.29, 0.717) is 23.1 Å². The number of methoxy groups -OCH3 is 1. The number of aromatic nitrogens is 1. The Morgan fingerprint density at radius 2 is 2.20 bits per heavy atom. The summed E-state index contributed by atoms with van der Waals surface area (Å²) in [7, 11) is 1.62. The van der Waals surface area contributed by atoms with Crippen molar-refractivity contribution in [3.63, 3.8) is 0 Å². The summed E-state index contributed by atoms with van der Waals surface area (Å²) >= 11 is 5.95. The second-order valence-electron chi connectivity index (χ2n) is 4.52. The number of nitrogens with one attached hydrogen (secondary N) is 2. The highest BCUT2D eigenvalue weighted by Crippen LogP contribution is 2.15. The fourth-order valence-electron chi connectivity index (χ4n) is 1.70. The van der Waals surface area contributed by atoms with Gasteiger partial charge >= 0.3 is 0 Å². The average molecular weight is 300 g/mol. The molecule has 0 aromatic carbocycles. The molecule has 0 aliphatic carbocycles. The molecule has 20 heavy (non-hydrogen) atoms. The Hall–Kier alpha value is -1.33. The number of hydrogen-bond acceptors (Lipinski definition) is 4. The Morgan fingerprint density at radius 3 is 2.80 bits per heavy atom. The molecule has 2 N–H and O–H groups in total.